The Morgan fingerprint density at radius 3 is 1.77 bits per heavy atom. The summed E-state index contributed by atoms with van der Waals surface area (Å²) in [6.07, 6.45) is 2.48. The molecule has 26 heavy (non-hydrogen) atoms. The molecule has 3 rings (SSSR count). The Balaban J connectivity index is 0.000000501. The molecule has 0 unspecified atom stereocenters. The van der Waals surface area contributed by atoms with Gasteiger partial charge >= 0.3 is 18.9 Å². The SMILES string of the molecule is C[Si](c1ccccc1)(c1ccccc1)[C-]1SCCCS1.ClCCCI.[Li+]. The molecule has 0 radical (unpaired) electrons. The summed E-state index contributed by atoms with van der Waals surface area (Å²) in [6.45, 7) is 2.51. The van der Waals surface area contributed by atoms with Crippen LogP contribution in [-0.4, -0.2) is 29.9 Å². The van der Waals surface area contributed by atoms with Gasteiger partial charge in [-0.05, 0) is 32.4 Å². The van der Waals surface area contributed by atoms with Crippen molar-refractivity contribution in [3.05, 3.63) is 64.9 Å². The van der Waals surface area contributed by atoms with Crippen LogP contribution in [0.3, 0.4) is 0 Å². The van der Waals surface area contributed by atoms with Crippen LogP contribution in [0.1, 0.15) is 12.8 Å². The van der Waals surface area contributed by atoms with E-state index in [-0.39, 0.29) is 18.9 Å². The molecule has 1 heterocycles. The van der Waals surface area contributed by atoms with Crippen molar-refractivity contribution in [2.45, 2.75) is 19.4 Å². The molecular formula is C20H25ClILiS2Si. The normalized spacial score (nSPS) is 14.7. The summed E-state index contributed by atoms with van der Waals surface area (Å²) in [7, 11) is -1.76. The van der Waals surface area contributed by atoms with E-state index in [0.29, 0.717) is 0 Å². The standard InChI is InChI=1S/C17H19S2Si.C3H6ClI.Li/c1-20(15-9-4-2-5-10-15,16-11-6-3-7-12-16)17-18-13-8-14-19-17;4-2-1-3-5;/h2-7,9-12H,8,13-14H2,1H3;1-3H2;/q-1;;+1. The molecule has 0 saturated carbocycles. The zero-order valence-corrected chi connectivity index (χ0v) is 21.1. The first kappa shape index (κ1) is 25.0. The molecule has 0 nitrogen and oxygen atoms in total. The number of hydrogen-bond acceptors (Lipinski definition) is 2. The van der Waals surface area contributed by atoms with Gasteiger partial charge in [0, 0.05) is 10.3 Å². The Bertz CT molecular complexity index is 556. The fourth-order valence-electron chi connectivity index (χ4n) is 2.71. The summed E-state index contributed by atoms with van der Waals surface area (Å²) in [6, 6.07) is 22.3. The number of halogens is 2. The predicted molar refractivity (Wildman–Crippen MR) is 131 cm³/mol. The van der Waals surface area contributed by atoms with Gasteiger partial charge in [-0.1, -0.05) is 100 Å². The van der Waals surface area contributed by atoms with Crippen molar-refractivity contribution in [1.82, 2.24) is 0 Å². The van der Waals surface area contributed by atoms with E-state index in [1.807, 2.05) is 0 Å². The van der Waals surface area contributed by atoms with Gasteiger partial charge in [0.15, 0.2) is 0 Å². The van der Waals surface area contributed by atoms with Gasteiger partial charge < -0.3 is 23.5 Å². The molecule has 6 heteroatoms. The Kier molecular flexibility index (Phi) is 13.5. The zero-order chi connectivity index (χ0) is 18.0. The molecule has 1 saturated heterocycles. The van der Waals surface area contributed by atoms with Gasteiger partial charge in [0.05, 0.1) is 0 Å². The second kappa shape index (κ2) is 14.0. The molecule has 1 fully saturated rings. The van der Waals surface area contributed by atoms with Crippen molar-refractivity contribution >= 4 is 76.2 Å². The fourth-order valence-corrected chi connectivity index (χ4v) is 12.5. The van der Waals surface area contributed by atoms with Crippen LogP contribution in [0, 0.1) is 4.21 Å². The van der Waals surface area contributed by atoms with Crippen molar-refractivity contribution in [3.8, 4) is 0 Å². The van der Waals surface area contributed by atoms with Crippen LogP contribution in [0.25, 0.3) is 0 Å². The van der Waals surface area contributed by atoms with Gasteiger partial charge in [-0.2, -0.15) is 4.21 Å². The minimum atomic E-state index is -1.76. The summed E-state index contributed by atoms with van der Waals surface area (Å²) >= 11 is 11.8. The fraction of sp³-hybridized carbons (Fsp3) is 0.350. The average Bonchev–Trinajstić information content (AvgIpc) is 2.70. The molecule has 0 aromatic heterocycles. The molecule has 1 aliphatic rings. The Morgan fingerprint density at radius 1 is 0.962 bits per heavy atom. The van der Waals surface area contributed by atoms with Crippen molar-refractivity contribution in [3.63, 3.8) is 0 Å². The summed E-state index contributed by atoms with van der Waals surface area (Å²) in [5.74, 6) is 3.37. The van der Waals surface area contributed by atoms with Gasteiger partial charge in [-0.25, -0.2) is 0 Å². The molecule has 0 amide bonds. The molecule has 136 valence electrons. The second-order valence-corrected chi connectivity index (χ2v) is 14.5. The van der Waals surface area contributed by atoms with Gasteiger partial charge in [0.1, 0.15) is 0 Å². The summed E-state index contributed by atoms with van der Waals surface area (Å²) in [5.41, 5.74) is 0. The van der Waals surface area contributed by atoms with E-state index in [4.69, 9.17) is 11.6 Å². The van der Waals surface area contributed by atoms with Crippen LogP contribution in [0.5, 0.6) is 0 Å². The van der Waals surface area contributed by atoms with E-state index in [0.717, 1.165) is 12.3 Å². The molecule has 0 aliphatic carbocycles. The maximum absolute atomic E-state index is 5.30. The van der Waals surface area contributed by atoms with E-state index in [2.05, 4.69) is 113 Å². The quantitative estimate of drug-likeness (QED) is 0.254. The smallest absolute Gasteiger partial charge is 0.339 e. The largest absolute Gasteiger partial charge is 1.00 e. The van der Waals surface area contributed by atoms with Crippen molar-refractivity contribution in [2.24, 2.45) is 0 Å². The van der Waals surface area contributed by atoms with E-state index in [9.17, 15) is 0 Å². The maximum atomic E-state index is 5.30. The first-order chi connectivity index (χ1) is 12.2. The van der Waals surface area contributed by atoms with Crippen LogP contribution >= 0.6 is 57.7 Å². The molecule has 0 spiro atoms. The van der Waals surface area contributed by atoms with Crippen LogP contribution in [0.15, 0.2) is 60.7 Å². The zero-order valence-electron chi connectivity index (χ0n) is 15.6. The third-order valence-corrected chi connectivity index (χ3v) is 14.5. The van der Waals surface area contributed by atoms with Gasteiger partial charge in [0.25, 0.3) is 0 Å². The van der Waals surface area contributed by atoms with Gasteiger partial charge in [-0.3, -0.25) is 0 Å². The average molecular weight is 527 g/mol. The number of thioether (sulfide) groups is 2. The van der Waals surface area contributed by atoms with E-state index in [1.165, 1.54) is 32.7 Å². The number of hydrogen-bond donors (Lipinski definition) is 0. The number of rotatable bonds is 5. The van der Waals surface area contributed by atoms with Crippen LogP contribution in [0.4, 0.5) is 0 Å². The molecule has 2 aromatic rings. The second-order valence-electron chi connectivity index (χ2n) is 5.93. The monoisotopic (exact) mass is 526 g/mol. The summed E-state index contributed by atoms with van der Waals surface area (Å²) in [4.78, 5) is 0. The first-order valence-electron chi connectivity index (χ1n) is 8.59. The summed E-state index contributed by atoms with van der Waals surface area (Å²) in [5, 5.41) is 3.06. The van der Waals surface area contributed by atoms with Gasteiger partial charge in [-0.15, -0.1) is 11.6 Å². The minimum absolute atomic E-state index is 0. The van der Waals surface area contributed by atoms with E-state index >= 15 is 0 Å². The Labute approximate surface area is 199 Å². The van der Waals surface area contributed by atoms with Crippen molar-refractivity contribution < 1.29 is 18.9 Å². The topological polar surface area (TPSA) is 0 Å². The van der Waals surface area contributed by atoms with Crippen LogP contribution < -0.4 is 29.2 Å². The summed E-state index contributed by atoms with van der Waals surface area (Å²) < 4.78 is 2.86. The minimum Gasteiger partial charge on any atom is -0.339 e. The first-order valence-corrected chi connectivity index (χ1v) is 15.1. The molecule has 1 aliphatic heterocycles. The molecule has 2 aromatic carbocycles. The van der Waals surface area contributed by atoms with E-state index in [1.54, 1.807) is 4.21 Å². The Morgan fingerprint density at radius 2 is 1.42 bits per heavy atom. The van der Waals surface area contributed by atoms with Crippen molar-refractivity contribution in [2.75, 3.05) is 21.8 Å². The van der Waals surface area contributed by atoms with Crippen LogP contribution in [-0.2, 0) is 0 Å². The third kappa shape index (κ3) is 7.10. The Hall–Kier alpha value is 0.974. The van der Waals surface area contributed by atoms with Gasteiger partial charge in [0.2, 0.25) is 0 Å². The maximum Gasteiger partial charge on any atom is 1.00 e. The van der Waals surface area contributed by atoms with E-state index < -0.39 is 8.07 Å². The third-order valence-electron chi connectivity index (χ3n) is 4.13. The van der Waals surface area contributed by atoms with Crippen LogP contribution in [0.2, 0.25) is 6.55 Å². The van der Waals surface area contributed by atoms with Crippen molar-refractivity contribution in [1.29, 1.82) is 0 Å². The molecular weight excluding hydrogens is 502 g/mol. The molecule has 0 atom stereocenters. The molecule has 0 N–H and O–H groups in total. The predicted octanol–water partition coefficient (Wildman–Crippen LogP) is 2.83. The number of alkyl halides is 2. The molecule has 0 bridgehead atoms. The number of benzene rings is 2.